The van der Waals surface area contributed by atoms with E-state index in [1.807, 2.05) is 22.9 Å². The molecule has 3 rings (SSSR count). The van der Waals surface area contributed by atoms with E-state index < -0.39 is 0 Å². The van der Waals surface area contributed by atoms with Crippen molar-refractivity contribution in [1.82, 2.24) is 25.4 Å². The number of fused-ring (bicyclic) bond motifs is 1. The van der Waals surface area contributed by atoms with E-state index in [9.17, 15) is 0 Å². The minimum atomic E-state index is 0.247. The maximum Gasteiger partial charge on any atom is 0.191 e. The van der Waals surface area contributed by atoms with Crippen LogP contribution in [0.15, 0.2) is 23.2 Å². The second-order valence-corrected chi connectivity index (χ2v) is 6.87. The molecule has 1 aliphatic rings. The molecule has 0 fully saturated rings. The number of ether oxygens (including phenoxy) is 3. The van der Waals surface area contributed by atoms with Crippen LogP contribution in [0.3, 0.4) is 0 Å². The second kappa shape index (κ2) is 10.1. The van der Waals surface area contributed by atoms with Crippen LogP contribution < -0.4 is 20.1 Å². The first kappa shape index (κ1) is 20.9. The molecule has 158 valence electrons. The van der Waals surface area contributed by atoms with Crippen LogP contribution in [0.1, 0.15) is 23.6 Å². The molecule has 1 aromatic heterocycles. The van der Waals surface area contributed by atoms with Gasteiger partial charge in [-0.1, -0.05) is 0 Å². The topological polar surface area (TPSA) is 94.8 Å². The number of aromatic nitrogens is 3. The summed E-state index contributed by atoms with van der Waals surface area (Å²) in [4.78, 5) is 8.87. The molecule has 29 heavy (non-hydrogen) atoms. The summed E-state index contributed by atoms with van der Waals surface area (Å²) >= 11 is 0. The molecule has 0 amide bonds. The Balaban J connectivity index is 1.52. The number of guanidine groups is 1. The van der Waals surface area contributed by atoms with E-state index in [0.717, 1.165) is 67.0 Å². The zero-order chi connectivity index (χ0) is 20.6. The molecule has 1 unspecified atom stereocenters. The number of hydrogen-bond donors (Lipinski definition) is 2. The van der Waals surface area contributed by atoms with Crippen LogP contribution in [-0.2, 0) is 30.7 Å². The van der Waals surface area contributed by atoms with E-state index in [2.05, 4.69) is 25.7 Å². The number of methoxy groups -OCH3 is 3. The fourth-order valence-corrected chi connectivity index (χ4v) is 3.45. The van der Waals surface area contributed by atoms with Gasteiger partial charge in [0.1, 0.15) is 23.9 Å². The summed E-state index contributed by atoms with van der Waals surface area (Å²) in [5.41, 5.74) is 1.09. The van der Waals surface area contributed by atoms with E-state index in [1.54, 1.807) is 28.4 Å². The van der Waals surface area contributed by atoms with Gasteiger partial charge in [0.2, 0.25) is 0 Å². The molecule has 1 aliphatic heterocycles. The van der Waals surface area contributed by atoms with Crippen molar-refractivity contribution >= 4 is 5.96 Å². The van der Waals surface area contributed by atoms with Gasteiger partial charge in [0.25, 0.3) is 0 Å². The summed E-state index contributed by atoms with van der Waals surface area (Å²) in [6.07, 6.45) is 2.65. The second-order valence-electron chi connectivity index (χ2n) is 6.87. The third-order valence-corrected chi connectivity index (χ3v) is 4.91. The van der Waals surface area contributed by atoms with Crippen molar-refractivity contribution in [1.29, 1.82) is 0 Å². The first-order valence-electron chi connectivity index (χ1n) is 9.76. The van der Waals surface area contributed by atoms with Gasteiger partial charge in [0, 0.05) is 33.2 Å². The molecule has 2 N–H and O–H groups in total. The Labute approximate surface area is 171 Å². The number of aryl methyl sites for hydroxylation is 1. The number of nitrogens with one attached hydrogen (secondary N) is 2. The number of nitrogens with zero attached hydrogens (tertiary/aromatic N) is 4. The normalized spacial score (nSPS) is 16.3. The van der Waals surface area contributed by atoms with Gasteiger partial charge < -0.3 is 24.8 Å². The smallest absolute Gasteiger partial charge is 0.191 e. The molecule has 0 radical (unpaired) electrons. The number of aliphatic imine (C=N–C) groups is 1. The van der Waals surface area contributed by atoms with Crippen LogP contribution in [0.25, 0.3) is 0 Å². The van der Waals surface area contributed by atoms with Gasteiger partial charge in [-0.3, -0.25) is 4.99 Å². The summed E-state index contributed by atoms with van der Waals surface area (Å²) in [5.74, 6) is 4.20. The molecule has 2 heterocycles. The highest BCUT2D eigenvalue weighted by Crippen LogP contribution is 2.24. The number of benzene rings is 1. The Morgan fingerprint density at radius 1 is 1.28 bits per heavy atom. The molecule has 0 spiro atoms. The Morgan fingerprint density at radius 3 is 2.86 bits per heavy atom. The summed E-state index contributed by atoms with van der Waals surface area (Å²) in [6, 6.07) is 6.08. The quantitative estimate of drug-likeness (QED) is 0.505. The monoisotopic (exact) mass is 402 g/mol. The van der Waals surface area contributed by atoms with Crippen molar-refractivity contribution in [3.63, 3.8) is 0 Å². The van der Waals surface area contributed by atoms with Gasteiger partial charge in [-0.05, 0) is 36.6 Å². The van der Waals surface area contributed by atoms with Gasteiger partial charge in [-0.2, -0.15) is 5.10 Å². The highest BCUT2D eigenvalue weighted by molar-refractivity contribution is 5.80. The standard InChI is InChI=1S/C20H30N6O3/c1-21-20(22-10-9-14-11-16(28-3)6-7-17(14)29-4)23-15-5-8-19-24-18(13-27-2)25-26(19)12-15/h6-7,11,15H,5,8-10,12-13H2,1-4H3,(H2,21,22,23). The lowest BCUT2D eigenvalue weighted by Gasteiger charge is -2.25. The predicted molar refractivity (Wildman–Crippen MR) is 111 cm³/mol. The Morgan fingerprint density at radius 2 is 2.14 bits per heavy atom. The van der Waals surface area contributed by atoms with E-state index in [4.69, 9.17) is 14.2 Å². The molecule has 1 atom stereocenters. The lowest BCUT2D eigenvalue weighted by Crippen LogP contribution is -2.47. The van der Waals surface area contributed by atoms with Gasteiger partial charge >= 0.3 is 0 Å². The van der Waals surface area contributed by atoms with Crippen LogP contribution in [0.4, 0.5) is 0 Å². The molecule has 0 bridgehead atoms. The molecule has 1 aromatic carbocycles. The van der Waals surface area contributed by atoms with Crippen molar-refractivity contribution in [3.05, 3.63) is 35.4 Å². The maximum atomic E-state index is 5.45. The van der Waals surface area contributed by atoms with Crippen molar-refractivity contribution in [2.45, 2.75) is 38.5 Å². The van der Waals surface area contributed by atoms with Crippen molar-refractivity contribution in [3.8, 4) is 11.5 Å². The van der Waals surface area contributed by atoms with Crippen LogP contribution in [-0.4, -0.2) is 61.7 Å². The first-order chi connectivity index (χ1) is 14.2. The highest BCUT2D eigenvalue weighted by Gasteiger charge is 2.22. The summed E-state index contributed by atoms with van der Waals surface area (Å²) in [5, 5.41) is 11.4. The largest absolute Gasteiger partial charge is 0.497 e. The number of hydrogen-bond acceptors (Lipinski definition) is 6. The molecule has 0 saturated heterocycles. The van der Waals surface area contributed by atoms with Gasteiger partial charge in [0.05, 0.1) is 20.8 Å². The summed E-state index contributed by atoms with van der Waals surface area (Å²) in [7, 11) is 6.78. The Bertz CT molecular complexity index is 836. The third kappa shape index (κ3) is 5.38. The van der Waals surface area contributed by atoms with E-state index >= 15 is 0 Å². The molecule has 9 heteroatoms. The fourth-order valence-electron chi connectivity index (χ4n) is 3.45. The predicted octanol–water partition coefficient (Wildman–Crippen LogP) is 1.16. The molecule has 0 aliphatic carbocycles. The van der Waals surface area contributed by atoms with Crippen LogP contribution in [0, 0.1) is 0 Å². The molecule has 0 saturated carbocycles. The van der Waals surface area contributed by atoms with Crippen LogP contribution >= 0.6 is 0 Å². The summed E-state index contributed by atoms with van der Waals surface area (Å²) < 4.78 is 17.9. The SMILES string of the molecule is CN=C(NCCc1cc(OC)ccc1OC)NC1CCc2nc(COC)nn2C1. The van der Waals surface area contributed by atoms with Crippen LogP contribution in [0.2, 0.25) is 0 Å². The van der Waals surface area contributed by atoms with E-state index in [1.165, 1.54) is 0 Å². The minimum Gasteiger partial charge on any atom is -0.497 e. The molecule has 2 aromatic rings. The van der Waals surface area contributed by atoms with Gasteiger partial charge in [-0.25, -0.2) is 9.67 Å². The lowest BCUT2D eigenvalue weighted by atomic mass is 10.1. The molecular weight excluding hydrogens is 372 g/mol. The van der Waals surface area contributed by atoms with Gasteiger partial charge in [0.15, 0.2) is 11.8 Å². The molecular formula is C20H30N6O3. The zero-order valence-electron chi connectivity index (χ0n) is 17.6. The average Bonchev–Trinajstić information content (AvgIpc) is 3.14. The highest BCUT2D eigenvalue weighted by atomic mass is 16.5. The summed E-state index contributed by atoms with van der Waals surface area (Å²) in [6.45, 7) is 1.92. The van der Waals surface area contributed by atoms with Gasteiger partial charge in [-0.15, -0.1) is 0 Å². The van der Waals surface area contributed by atoms with Crippen molar-refractivity contribution in [2.24, 2.45) is 4.99 Å². The van der Waals surface area contributed by atoms with Crippen molar-refractivity contribution in [2.75, 3.05) is 34.9 Å². The average molecular weight is 402 g/mol. The minimum absolute atomic E-state index is 0.247. The first-order valence-corrected chi connectivity index (χ1v) is 9.76. The van der Waals surface area contributed by atoms with E-state index in [0.29, 0.717) is 6.61 Å². The van der Waals surface area contributed by atoms with Crippen molar-refractivity contribution < 1.29 is 14.2 Å². The lowest BCUT2D eigenvalue weighted by molar-refractivity contribution is 0.177. The maximum absolute atomic E-state index is 5.45. The number of rotatable bonds is 8. The fraction of sp³-hybridized carbons (Fsp3) is 0.550. The van der Waals surface area contributed by atoms with Crippen LogP contribution in [0.5, 0.6) is 11.5 Å². The molecule has 9 nitrogen and oxygen atoms in total. The zero-order valence-corrected chi connectivity index (χ0v) is 17.6. The Kier molecular flexibility index (Phi) is 7.29. The van der Waals surface area contributed by atoms with E-state index in [-0.39, 0.29) is 6.04 Å². The third-order valence-electron chi connectivity index (χ3n) is 4.91. The Hall–Kier alpha value is -2.81.